The molecule has 122 valence electrons. The van der Waals surface area contributed by atoms with Crippen LogP contribution in [-0.2, 0) is 21.9 Å². The quantitative estimate of drug-likeness (QED) is 0.747. The lowest BCUT2D eigenvalue weighted by Crippen LogP contribution is -2.49. The van der Waals surface area contributed by atoms with E-state index in [0.29, 0.717) is 36.9 Å². The summed E-state index contributed by atoms with van der Waals surface area (Å²) in [5.41, 5.74) is 1.46. The van der Waals surface area contributed by atoms with Crippen molar-refractivity contribution in [3.63, 3.8) is 0 Å². The molecule has 0 saturated carbocycles. The number of hydrogen-bond acceptors (Lipinski definition) is 4. The van der Waals surface area contributed by atoms with Gasteiger partial charge in [-0.1, -0.05) is 11.6 Å². The van der Waals surface area contributed by atoms with Crippen LogP contribution in [0.3, 0.4) is 0 Å². The molecule has 0 bridgehead atoms. The minimum absolute atomic E-state index is 0.160. The summed E-state index contributed by atoms with van der Waals surface area (Å²) in [4.78, 5) is 13.8. The lowest BCUT2D eigenvalue weighted by atomic mass is 10.2. The number of carbonyl (C=O) groups excluding carboxylic acids is 1. The average molecular weight is 347 g/mol. The van der Waals surface area contributed by atoms with Gasteiger partial charge in [-0.15, -0.1) is 0 Å². The van der Waals surface area contributed by atoms with E-state index in [9.17, 15) is 13.2 Å². The molecule has 22 heavy (non-hydrogen) atoms. The maximum absolute atomic E-state index is 12.2. The van der Waals surface area contributed by atoms with Gasteiger partial charge >= 0.3 is 0 Å². The number of aromatic nitrogens is 2. The van der Waals surface area contributed by atoms with E-state index in [1.165, 1.54) is 16.6 Å². The molecule has 0 atom stereocenters. The van der Waals surface area contributed by atoms with Crippen LogP contribution in [0.4, 0.5) is 0 Å². The molecule has 1 fully saturated rings. The highest BCUT2D eigenvalue weighted by atomic mass is 35.5. The highest BCUT2D eigenvalue weighted by Gasteiger charge is 2.25. The highest BCUT2D eigenvalue weighted by molar-refractivity contribution is 7.88. The first-order valence-electron chi connectivity index (χ1n) is 6.81. The number of carbonyl (C=O) groups is 1. The molecule has 1 aromatic heterocycles. The van der Waals surface area contributed by atoms with Crippen molar-refractivity contribution in [3.05, 3.63) is 22.5 Å². The Balaban J connectivity index is 2.01. The van der Waals surface area contributed by atoms with Crippen LogP contribution in [0, 0.1) is 6.92 Å². The summed E-state index contributed by atoms with van der Waals surface area (Å²) < 4.78 is 25.8. The van der Waals surface area contributed by atoms with E-state index in [-0.39, 0.29) is 5.91 Å². The molecule has 0 spiro atoms. The molecule has 1 aliphatic rings. The molecular formula is C13H19ClN4O3S. The van der Waals surface area contributed by atoms with E-state index < -0.39 is 10.0 Å². The number of hydrogen-bond donors (Lipinski definition) is 0. The average Bonchev–Trinajstić information content (AvgIpc) is 2.69. The Labute approximate surface area is 135 Å². The van der Waals surface area contributed by atoms with Gasteiger partial charge in [-0.25, -0.2) is 8.42 Å². The molecular weight excluding hydrogens is 328 g/mol. The number of rotatable bonds is 3. The second-order valence-electron chi connectivity index (χ2n) is 5.23. The van der Waals surface area contributed by atoms with Crippen LogP contribution >= 0.6 is 11.6 Å². The van der Waals surface area contributed by atoms with Gasteiger partial charge in [0.1, 0.15) is 5.15 Å². The topological polar surface area (TPSA) is 75.5 Å². The molecule has 1 saturated heterocycles. The normalized spacial score (nSPS) is 17.4. The van der Waals surface area contributed by atoms with Crippen LogP contribution in [0.2, 0.25) is 5.15 Å². The van der Waals surface area contributed by atoms with Crippen LogP contribution in [0.5, 0.6) is 0 Å². The van der Waals surface area contributed by atoms with Crippen molar-refractivity contribution in [2.45, 2.75) is 6.92 Å². The molecule has 0 unspecified atom stereocenters. The third-order valence-electron chi connectivity index (χ3n) is 3.61. The van der Waals surface area contributed by atoms with Crippen molar-refractivity contribution in [2.24, 2.45) is 7.05 Å². The molecule has 1 amide bonds. The molecule has 2 rings (SSSR count). The maximum Gasteiger partial charge on any atom is 0.246 e. The Hall–Kier alpha value is -1.38. The molecule has 0 N–H and O–H groups in total. The second-order valence-corrected chi connectivity index (χ2v) is 7.57. The third kappa shape index (κ3) is 3.68. The van der Waals surface area contributed by atoms with E-state index in [2.05, 4.69) is 5.10 Å². The van der Waals surface area contributed by atoms with Crippen molar-refractivity contribution in [1.29, 1.82) is 0 Å². The number of aryl methyl sites for hydroxylation is 2. The van der Waals surface area contributed by atoms with Crippen LogP contribution in [0.1, 0.15) is 11.3 Å². The minimum atomic E-state index is -3.19. The van der Waals surface area contributed by atoms with Gasteiger partial charge in [0.05, 0.1) is 11.9 Å². The largest absolute Gasteiger partial charge is 0.337 e. The van der Waals surface area contributed by atoms with E-state index in [1.54, 1.807) is 22.7 Å². The van der Waals surface area contributed by atoms with Crippen LogP contribution in [0.15, 0.2) is 6.08 Å². The molecule has 0 radical (unpaired) electrons. The van der Waals surface area contributed by atoms with Gasteiger partial charge in [-0.05, 0) is 13.0 Å². The smallest absolute Gasteiger partial charge is 0.246 e. The molecule has 1 aromatic rings. The van der Waals surface area contributed by atoms with Crippen molar-refractivity contribution >= 4 is 33.6 Å². The predicted octanol–water partition coefficient (Wildman–Crippen LogP) is 0.499. The van der Waals surface area contributed by atoms with Gasteiger partial charge < -0.3 is 4.90 Å². The minimum Gasteiger partial charge on any atom is -0.337 e. The summed E-state index contributed by atoms with van der Waals surface area (Å²) in [6.45, 7) is 3.24. The third-order valence-corrected chi connectivity index (χ3v) is 5.36. The Kier molecular flexibility index (Phi) is 4.93. The number of halogens is 1. The molecule has 7 nitrogen and oxygen atoms in total. The molecule has 1 aliphatic heterocycles. The summed E-state index contributed by atoms with van der Waals surface area (Å²) in [5.74, 6) is -0.160. The SMILES string of the molecule is Cc1nn(C)c(Cl)c1/C=C/C(=O)N1CCN(S(C)(=O)=O)CC1. The molecule has 0 aliphatic carbocycles. The lowest BCUT2D eigenvalue weighted by Gasteiger charge is -2.32. The molecule has 9 heteroatoms. The Bertz CT molecular complexity index is 703. The second kappa shape index (κ2) is 6.39. The summed E-state index contributed by atoms with van der Waals surface area (Å²) in [6, 6.07) is 0. The molecule has 2 heterocycles. The molecule has 0 aromatic carbocycles. The van der Waals surface area contributed by atoms with Gasteiger partial charge in [0, 0.05) is 44.9 Å². The van der Waals surface area contributed by atoms with Crippen molar-refractivity contribution in [3.8, 4) is 0 Å². The van der Waals surface area contributed by atoms with E-state index in [0.717, 1.165) is 5.69 Å². The zero-order valence-corrected chi connectivity index (χ0v) is 14.4. The number of nitrogens with zero attached hydrogens (tertiary/aromatic N) is 4. The highest BCUT2D eigenvalue weighted by Crippen LogP contribution is 2.20. The fourth-order valence-electron chi connectivity index (χ4n) is 2.34. The maximum atomic E-state index is 12.2. The number of piperazine rings is 1. The summed E-state index contributed by atoms with van der Waals surface area (Å²) in [7, 11) is -1.45. The summed E-state index contributed by atoms with van der Waals surface area (Å²) in [5, 5.41) is 4.65. The van der Waals surface area contributed by atoms with Gasteiger partial charge in [-0.2, -0.15) is 9.40 Å². The Morgan fingerprint density at radius 2 is 1.86 bits per heavy atom. The Morgan fingerprint density at radius 3 is 2.32 bits per heavy atom. The monoisotopic (exact) mass is 346 g/mol. The van der Waals surface area contributed by atoms with Gasteiger partial charge in [0.25, 0.3) is 0 Å². The van der Waals surface area contributed by atoms with Gasteiger partial charge in [0.2, 0.25) is 15.9 Å². The predicted molar refractivity (Wildman–Crippen MR) is 85.0 cm³/mol. The summed E-state index contributed by atoms with van der Waals surface area (Å²) in [6.07, 6.45) is 4.28. The van der Waals surface area contributed by atoms with E-state index >= 15 is 0 Å². The van der Waals surface area contributed by atoms with Crippen LogP contribution in [0.25, 0.3) is 6.08 Å². The first-order chi connectivity index (χ1) is 10.2. The zero-order valence-electron chi connectivity index (χ0n) is 12.8. The van der Waals surface area contributed by atoms with Crippen molar-refractivity contribution in [2.75, 3.05) is 32.4 Å². The first kappa shape index (κ1) is 17.0. The first-order valence-corrected chi connectivity index (χ1v) is 9.04. The van der Waals surface area contributed by atoms with Crippen molar-refractivity contribution < 1.29 is 13.2 Å². The zero-order chi connectivity index (χ0) is 16.5. The number of amides is 1. The fraction of sp³-hybridized carbons (Fsp3) is 0.538. The van der Waals surface area contributed by atoms with Crippen molar-refractivity contribution in [1.82, 2.24) is 19.0 Å². The van der Waals surface area contributed by atoms with E-state index in [1.807, 2.05) is 6.92 Å². The fourth-order valence-corrected chi connectivity index (χ4v) is 3.40. The van der Waals surface area contributed by atoms with Crippen LogP contribution < -0.4 is 0 Å². The standard InChI is InChI=1S/C13H19ClN4O3S/c1-10-11(13(14)16(2)15-10)4-5-12(19)17-6-8-18(9-7-17)22(3,20)21/h4-5H,6-9H2,1-3H3/b5-4+. The summed E-state index contributed by atoms with van der Waals surface area (Å²) >= 11 is 6.10. The van der Waals surface area contributed by atoms with E-state index in [4.69, 9.17) is 11.6 Å². The lowest BCUT2D eigenvalue weighted by molar-refractivity contribution is -0.127. The number of sulfonamides is 1. The van der Waals surface area contributed by atoms with Gasteiger partial charge in [-0.3, -0.25) is 9.48 Å². The van der Waals surface area contributed by atoms with Crippen LogP contribution in [-0.4, -0.2) is 65.7 Å². The van der Waals surface area contributed by atoms with Gasteiger partial charge in [0.15, 0.2) is 0 Å². The Morgan fingerprint density at radius 1 is 1.27 bits per heavy atom.